The molecule has 0 radical (unpaired) electrons. The highest BCUT2D eigenvalue weighted by Gasteiger charge is 2.18. The molecule has 2 aromatic carbocycles. The molecule has 0 saturated carbocycles. The first-order valence-electron chi connectivity index (χ1n) is 7.98. The minimum Gasteiger partial charge on any atom is -0.320 e. The van der Waals surface area contributed by atoms with Crippen LogP contribution in [0.5, 0.6) is 0 Å². The van der Waals surface area contributed by atoms with Crippen molar-refractivity contribution in [1.29, 1.82) is 0 Å². The summed E-state index contributed by atoms with van der Waals surface area (Å²) >= 11 is 3.28. The maximum atomic E-state index is 13.0. The largest absolute Gasteiger partial charge is 0.320 e. The molecule has 0 aliphatic heterocycles. The lowest BCUT2D eigenvalue weighted by Crippen LogP contribution is -2.14. The predicted molar refractivity (Wildman–Crippen MR) is 102 cm³/mol. The third kappa shape index (κ3) is 4.03. The molecular formula is C18H14BrFN4O3. The zero-order valence-electron chi connectivity index (χ0n) is 14.1. The third-order valence-electron chi connectivity index (χ3n) is 3.90. The molecule has 0 fully saturated rings. The van der Waals surface area contributed by atoms with Crippen molar-refractivity contribution in [1.82, 2.24) is 9.78 Å². The van der Waals surface area contributed by atoms with Crippen LogP contribution in [-0.4, -0.2) is 20.6 Å². The van der Waals surface area contributed by atoms with E-state index in [1.54, 1.807) is 18.3 Å². The first kappa shape index (κ1) is 18.7. The highest BCUT2D eigenvalue weighted by Crippen LogP contribution is 2.25. The standard InChI is InChI=1S/C18H14BrFN4O3/c1-2-11-3-6-13(9-16(11)24(26)27)21-18(25)17-15(19)10-23(22-17)14-7-4-12(20)5-8-14/h3-10H,2H2,1H3,(H,21,25). The Morgan fingerprint density at radius 2 is 2.00 bits per heavy atom. The Morgan fingerprint density at radius 3 is 2.63 bits per heavy atom. The fourth-order valence-electron chi connectivity index (χ4n) is 2.53. The summed E-state index contributed by atoms with van der Waals surface area (Å²) < 4.78 is 14.9. The van der Waals surface area contributed by atoms with Crippen molar-refractivity contribution in [2.75, 3.05) is 5.32 Å². The molecule has 0 spiro atoms. The van der Waals surface area contributed by atoms with Gasteiger partial charge in [0.1, 0.15) is 5.82 Å². The van der Waals surface area contributed by atoms with Gasteiger partial charge in [-0.25, -0.2) is 9.07 Å². The Hall–Kier alpha value is -3.07. The molecular weight excluding hydrogens is 419 g/mol. The second-order valence-electron chi connectivity index (χ2n) is 5.65. The number of aryl methyl sites for hydroxylation is 1. The number of carbonyl (C=O) groups is 1. The molecule has 0 aliphatic rings. The van der Waals surface area contributed by atoms with E-state index in [4.69, 9.17) is 0 Å². The zero-order chi connectivity index (χ0) is 19.6. The van der Waals surface area contributed by atoms with Gasteiger partial charge < -0.3 is 5.32 Å². The number of hydrogen-bond donors (Lipinski definition) is 1. The molecule has 0 aliphatic carbocycles. The van der Waals surface area contributed by atoms with Crippen LogP contribution in [0.2, 0.25) is 0 Å². The van der Waals surface area contributed by atoms with Crippen molar-refractivity contribution in [2.45, 2.75) is 13.3 Å². The van der Waals surface area contributed by atoms with Gasteiger partial charge in [-0.2, -0.15) is 5.10 Å². The monoisotopic (exact) mass is 432 g/mol. The van der Waals surface area contributed by atoms with Gasteiger partial charge in [-0.1, -0.05) is 13.0 Å². The molecule has 1 aromatic heterocycles. The van der Waals surface area contributed by atoms with Crippen molar-refractivity contribution in [3.05, 3.63) is 80.3 Å². The summed E-state index contributed by atoms with van der Waals surface area (Å²) in [5, 5.41) is 18.0. The van der Waals surface area contributed by atoms with E-state index in [1.807, 2.05) is 6.92 Å². The molecule has 1 N–H and O–H groups in total. The summed E-state index contributed by atoms with van der Waals surface area (Å²) in [4.78, 5) is 23.2. The van der Waals surface area contributed by atoms with Crippen molar-refractivity contribution >= 4 is 33.2 Å². The Bertz CT molecular complexity index is 1020. The normalized spacial score (nSPS) is 10.6. The van der Waals surface area contributed by atoms with Gasteiger partial charge in [0.05, 0.1) is 15.1 Å². The Labute approximate surface area is 162 Å². The molecule has 138 valence electrons. The summed E-state index contributed by atoms with van der Waals surface area (Å²) in [5.41, 5.74) is 1.51. The van der Waals surface area contributed by atoms with Crippen molar-refractivity contribution in [3.8, 4) is 5.69 Å². The van der Waals surface area contributed by atoms with Gasteiger partial charge in [-0.3, -0.25) is 14.9 Å². The smallest absolute Gasteiger partial charge is 0.277 e. The minimum absolute atomic E-state index is 0.0498. The van der Waals surface area contributed by atoms with Gasteiger partial charge in [0.15, 0.2) is 5.69 Å². The fourth-order valence-corrected chi connectivity index (χ4v) is 2.99. The number of nitrogens with zero attached hydrogens (tertiary/aromatic N) is 3. The van der Waals surface area contributed by atoms with Gasteiger partial charge in [-0.05, 0) is 52.7 Å². The number of nitrogens with one attached hydrogen (secondary N) is 1. The summed E-state index contributed by atoms with van der Waals surface area (Å²) in [6.07, 6.45) is 2.09. The van der Waals surface area contributed by atoms with Crippen LogP contribution in [0.15, 0.2) is 53.1 Å². The fraction of sp³-hybridized carbons (Fsp3) is 0.111. The van der Waals surface area contributed by atoms with Crippen LogP contribution in [0.1, 0.15) is 23.0 Å². The molecule has 0 bridgehead atoms. The topological polar surface area (TPSA) is 90.1 Å². The number of halogens is 2. The first-order chi connectivity index (χ1) is 12.9. The predicted octanol–water partition coefficient (Wildman–Crippen LogP) is 4.50. The average Bonchev–Trinajstić information content (AvgIpc) is 3.04. The maximum Gasteiger partial charge on any atom is 0.277 e. The van der Waals surface area contributed by atoms with E-state index in [-0.39, 0.29) is 17.2 Å². The highest BCUT2D eigenvalue weighted by molar-refractivity contribution is 9.10. The van der Waals surface area contributed by atoms with Gasteiger partial charge >= 0.3 is 0 Å². The molecule has 27 heavy (non-hydrogen) atoms. The van der Waals surface area contributed by atoms with E-state index in [0.29, 0.717) is 27.8 Å². The van der Waals surface area contributed by atoms with Crippen LogP contribution >= 0.6 is 15.9 Å². The van der Waals surface area contributed by atoms with E-state index in [2.05, 4.69) is 26.3 Å². The van der Waals surface area contributed by atoms with E-state index < -0.39 is 10.8 Å². The van der Waals surface area contributed by atoms with E-state index in [0.717, 1.165) is 0 Å². The molecule has 0 saturated heterocycles. The van der Waals surface area contributed by atoms with Crippen LogP contribution in [-0.2, 0) is 6.42 Å². The van der Waals surface area contributed by atoms with Crippen LogP contribution < -0.4 is 5.32 Å². The van der Waals surface area contributed by atoms with Crippen LogP contribution in [0.4, 0.5) is 15.8 Å². The molecule has 0 atom stereocenters. The van der Waals surface area contributed by atoms with Crippen LogP contribution in [0, 0.1) is 15.9 Å². The molecule has 7 nitrogen and oxygen atoms in total. The maximum absolute atomic E-state index is 13.0. The summed E-state index contributed by atoms with van der Waals surface area (Å²) in [7, 11) is 0. The van der Waals surface area contributed by atoms with E-state index >= 15 is 0 Å². The molecule has 9 heteroatoms. The van der Waals surface area contributed by atoms with Crippen molar-refractivity contribution in [2.24, 2.45) is 0 Å². The number of aromatic nitrogens is 2. The molecule has 3 aromatic rings. The van der Waals surface area contributed by atoms with E-state index in [1.165, 1.54) is 35.0 Å². The SMILES string of the molecule is CCc1ccc(NC(=O)c2nn(-c3ccc(F)cc3)cc2Br)cc1[N+](=O)[O-]. The molecule has 0 unspecified atom stereocenters. The molecule has 1 amide bonds. The highest BCUT2D eigenvalue weighted by atomic mass is 79.9. The quantitative estimate of drug-likeness (QED) is 0.474. The van der Waals surface area contributed by atoms with Crippen LogP contribution in [0.25, 0.3) is 5.69 Å². The van der Waals surface area contributed by atoms with Crippen molar-refractivity contribution in [3.63, 3.8) is 0 Å². The lowest BCUT2D eigenvalue weighted by Gasteiger charge is -2.06. The zero-order valence-corrected chi connectivity index (χ0v) is 15.7. The Kier molecular flexibility index (Phi) is 5.31. The molecule has 3 rings (SSSR count). The summed E-state index contributed by atoms with van der Waals surface area (Å²) in [6.45, 7) is 1.82. The average molecular weight is 433 g/mol. The number of nitro benzene ring substituents is 1. The molecule has 1 heterocycles. The Morgan fingerprint density at radius 1 is 1.30 bits per heavy atom. The van der Waals surface area contributed by atoms with Gasteiger partial charge in [0, 0.05) is 23.5 Å². The number of benzene rings is 2. The summed E-state index contributed by atoms with van der Waals surface area (Å²) in [6, 6.07) is 10.2. The van der Waals surface area contributed by atoms with Crippen molar-refractivity contribution < 1.29 is 14.1 Å². The first-order valence-corrected chi connectivity index (χ1v) is 8.78. The number of amides is 1. The summed E-state index contributed by atoms with van der Waals surface area (Å²) in [5.74, 6) is -0.902. The number of hydrogen-bond acceptors (Lipinski definition) is 4. The third-order valence-corrected chi connectivity index (χ3v) is 4.48. The minimum atomic E-state index is -0.527. The Balaban J connectivity index is 1.86. The van der Waals surface area contributed by atoms with Gasteiger partial charge in [0.25, 0.3) is 11.6 Å². The number of rotatable bonds is 5. The van der Waals surface area contributed by atoms with Gasteiger partial charge in [-0.15, -0.1) is 0 Å². The number of anilines is 1. The van der Waals surface area contributed by atoms with Gasteiger partial charge in [0.2, 0.25) is 0 Å². The van der Waals surface area contributed by atoms with E-state index in [9.17, 15) is 19.3 Å². The van der Waals surface area contributed by atoms with Crippen LogP contribution in [0.3, 0.4) is 0 Å². The lowest BCUT2D eigenvalue weighted by atomic mass is 10.1. The lowest BCUT2D eigenvalue weighted by molar-refractivity contribution is -0.385. The second kappa shape index (κ2) is 7.67. The number of carbonyl (C=O) groups excluding carboxylic acids is 1. The second-order valence-corrected chi connectivity index (χ2v) is 6.51. The number of nitro groups is 1.